The molecular formula is C30H34FN5O4. The number of halogens is 1. The van der Waals surface area contributed by atoms with E-state index in [1.165, 1.54) is 23.1 Å². The van der Waals surface area contributed by atoms with E-state index in [1.807, 2.05) is 36.4 Å². The number of ether oxygens (including phenoxy) is 2. The number of hydrogen-bond acceptors (Lipinski definition) is 7. The number of amides is 2. The number of aromatic nitrogens is 2. The third-order valence-electron chi connectivity index (χ3n) is 7.34. The van der Waals surface area contributed by atoms with Crippen molar-refractivity contribution in [1.29, 1.82) is 0 Å². The van der Waals surface area contributed by atoms with Crippen LogP contribution in [0.1, 0.15) is 29.6 Å². The molecule has 3 aromatic rings. The van der Waals surface area contributed by atoms with Crippen molar-refractivity contribution >= 4 is 17.6 Å². The molecule has 1 unspecified atom stereocenters. The zero-order valence-corrected chi connectivity index (χ0v) is 22.7. The zero-order chi connectivity index (χ0) is 27.9. The maximum Gasteiger partial charge on any atom is 0.254 e. The van der Waals surface area contributed by atoms with Gasteiger partial charge in [0.2, 0.25) is 5.91 Å². The highest BCUT2D eigenvalue weighted by atomic mass is 19.1. The Balaban J connectivity index is 1.21. The minimum atomic E-state index is -0.484. The molecule has 0 saturated carbocycles. The lowest BCUT2D eigenvalue weighted by molar-refractivity contribution is -0.132. The Bertz CT molecular complexity index is 1300. The summed E-state index contributed by atoms with van der Waals surface area (Å²) in [6.07, 6.45) is 2.39. The highest BCUT2D eigenvalue weighted by molar-refractivity contribution is 5.96. The number of benzene rings is 2. The van der Waals surface area contributed by atoms with Crippen molar-refractivity contribution in [3.05, 3.63) is 72.0 Å². The second-order valence-corrected chi connectivity index (χ2v) is 10.1. The minimum Gasteiger partial charge on any atom is -0.497 e. The molecule has 5 rings (SSSR count). The van der Waals surface area contributed by atoms with Gasteiger partial charge in [-0.2, -0.15) is 0 Å². The fraction of sp³-hybridized carbons (Fsp3) is 0.400. The first-order chi connectivity index (χ1) is 19.5. The summed E-state index contributed by atoms with van der Waals surface area (Å²) >= 11 is 0. The molecule has 2 aromatic carbocycles. The molecular weight excluding hydrogens is 513 g/mol. The van der Waals surface area contributed by atoms with Crippen LogP contribution < -0.4 is 9.64 Å². The molecule has 0 aliphatic carbocycles. The molecule has 0 N–H and O–H groups in total. The van der Waals surface area contributed by atoms with Crippen LogP contribution in [0.15, 0.2) is 60.7 Å². The van der Waals surface area contributed by atoms with Gasteiger partial charge in [-0.1, -0.05) is 6.07 Å². The Morgan fingerprint density at radius 3 is 2.58 bits per heavy atom. The molecule has 0 spiro atoms. The van der Waals surface area contributed by atoms with E-state index in [0.717, 1.165) is 48.6 Å². The van der Waals surface area contributed by atoms with Crippen LogP contribution in [0.2, 0.25) is 0 Å². The van der Waals surface area contributed by atoms with Crippen LogP contribution in [0.25, 0.3) is 11.3 Å². The summed E-state index contributed by atoms with van der Waals surface area (Å²) in [6, 6.07) is 17.1. The summed E-state index contributed by atoms with van der Waals surface area (Å²) in [7, 11) is 1.63. The highest BCUT2D eigenvalue weighted by Gasteiger charge is 2.28. The molecule has 2 fully saturated rings. The van der Waals surface area contributed by atoms with Crippen LogP contribution in [0.4, 0.5) is 10.2 Å². The van der Waals surface area contributed by atoms with Gasteiger partial charge in [0.15, 0.2) is 5.82 Å². The van der Waals surface area contributed by atoms with Crippen molar-refractivity contribution in [2.75, 3.05) is 57.9 Å². The first-order valence-corrected chi connectivity index (χ1v) is 13.7. The monoisotopic (exact) mass is 547 g/mol. The molecule has 1 aromatic heterocycles. The average Bonchev–Trinajstić information content (AvgIpc) is 3.37. The first-order valence-electron chi connectivity index (χ1n) is 13.7. The molecule has 2 aliphatic rings. The van der Waals surface area contributed by atoms with E-state index in [1.54, 1.807) is 18.1 Å². The van der Waals surface area contributed by atoms with E-state index in [4.69, 9.17) is 9.47 Å². The number of carbonyl (C=O) groups excluding carboxylic acids is 2. The van der Waals surface area contributed by atoms with Gasteiger partial charge < -0.3 is 24.2 Å². The Hall–Kier alpha value is -4.05. The van der Waals surface area contributed by atoms with Gasteiger partial charge in [-0.15, -0.1) is 10.2 Å². The van der Waals surface area contributed by atoms with Gasteiger partial charge in [-0.3, -0.25) is 9.59 Å². The van der Waals surface area contributed by atoms with Crippen LogP contribution >= 0.6 is 0 Å². The van der Waals surface area contributed by atoms with E-state index >= 15 is 0 Å². The first kappa shape index (κ1) is 27.5. The van der Waals surface area contributed by atoms with Crippen LogP contribution in [0.5, 0.6) is 5.75 Å². The third kappa shape index (κ3) is 6.74. The van der Waals surface area contributed by atoms with E-state index in [9.17, 15) is 14.0 Å². The van der Waals surface area contributed by atoms with Crippen molar-refractivity contribution in [2.45, 2.75) is 25.4 Å². The Morgan fingerprint density at radius 2 is 1.88 bits per heavy atom. The van der Waals surface area contributed by atoms with E-state index in [2.05, 4.69) is 15.1 Å². The minimum absolute atomic E-state index is 0.0778. The predicted octanol–water partition coefficient (Wildman–Crippen LogP) is 3.65. The number of methoxy groups -OCH3 is 1. The van der Waals surface area contributed by atoms with Gasteiger partial charge in [0.05, 0.1) is 18.9 Å². The molecule has 0 bridgehead atoms. The SMILES string of the molecule is COc1ccc(-c2ccc(N3CCCN(C(=O)CN(CC4CCCO4)C(=O)c4cccc(F)c4)CC3)nn2)cc1. The predicted molar refractivity (Wildman–Crippen MR) is 149 cm³/mol. The van der Waals surface area contributed by atoms with Crippen molar-refractivity contribution in [3.63, 3.8) is 0 Å². The van der Waals surface area contributed by atoms with Crippen LogP contribution in [-0.4, -0.2) is 90.9 Å². The Labute approximate surface area is 233 Å². The molecule has 3 heterocycles. The summed E-state index contributed by atoms with van der Waals surface area (Å²) in [5.41, 5.74) is 1.95. The van der Waals surface area contributed by atoms with Gasteiger partial charge in [0.25, 0.3) is 5.91 Å². The van der Waals surface area contributed by atoms with Crippen molar-refractivity contribution < 1.29 is 23.5 Å². The van der Waals surface area contributed by atoms with E-state index < -0.39 is 5.82 Å². The molecule has 40 heavy (non-hydrogen) atoms. The number of rotatable bonds is 8. The Morgan fingerprint density at radius 1 is 1.02 bits per heavy atom. The summed E-state index contributed by atoms with van der Waals surface area (Å²) in [5, 5.41) is 8.86. The quantitative estimate of drug-likeness (QED) is 0.425. The molecule has 2 aliphatic heterocycles. The average molecular weight is 548 g/mol. The van der Waals surface area contributed by atoms with Gasteiger partial charge in [0, 0.05) is 50.5 Å². The molecule has 10 heteroatoms. The van der Waals surface area contributed by atoms with Crippen LogP contribution in [0.3, 0.4) is 0 Å². The normalized spacial score (nSPS) is 17.4. The fourth-order valence-corrected chi connectivity index (χ4v) is 5.13. The number of anilines is 1. The summed E-state index contributed by atoms with van der Waals surface area (Å²) in [5.74, 6) is 0.553. The lowest BCUT2D eigenvalue weighted by Gasteiger charge is -2.28. The summed E-state index contributed by atoms with van der Waals surface area (Å²) in [4.78, 5) is 32.1. The van der Waals surface area contributed by atoms with E-state index in [0.29, 0.717) is 32.8 Å². The van der Waals surface area contributed by atoms with Gasteiger partial charge in [-0.25, -0.2) is 4.39 Å². The lowest BCUT2D eigenvalue weighted by atomic mass is 10.1. The van der Waals surface area contributed by atoms with Crippen LogP contribution in [0, 0.1) is 5.82 Å². The van der Waals surface area contributed by atoms with E-state index in [-0.39, 0.29) is 30.0 Å². The molecule has 1 atom stereocenters. The molecule has 9 nitrogen and oxygen atoms in total. The van der Waals surface area contributed by atoms with Crippen LogP contribution in [-0.2, 0) is 9.53 Å². The number of nitrogens with zero attached hydrogens (tertiary/aromatic N) is 5. The molecule has 0 radical (unpaired) electrons. The standard InChI is InChI=1S/C30H34FN5O4/c1-39-25-10-8-22(9-11-25)27-12-13-28(33-32-27)34-14-4-15-35(17-16-34)29(37)21-36(20-26-7-3-18-40-26)30(38)23-5-2-6-24(31)19-23/h2,5-6,8-13,19,26H,3-4,7,14-18,20-21H2,1H3. The van der Waals surface area contributed by atoms with Gasteiger partial charge >= 0.3 is 0 Å². The smallest absolute Gasteiger partial charge is 0.254 e. The third-order valence-corrected chi connectivity index (χ3v) is 7.34. The fourth-order valence-electron chi connectivity index (χ4n) is 5.13. The summed E-state index contributed by atoms with van der Waals surface area (Å²) in [6.45, 7) is 3.29. The number of hydrogen-bond donors (Lipinski definition) is 0. The van der Waals surface area contributed by atoms with Crippen molar-refractivity contribution in [3.8, 4) is 17.0 Å². The highest BCUT2D eigenvalue weighted by Crippen LogP contribution is 2.22. The second kappa shape index (κ2) is 12.9. The maximum absolute atomic E-state index is 13.8. The molecule has 2 saturated heterocycles. The molecule has 2 amide bonds. The maximum atomic E-state index is 13.8. The van der Waals surface area contributed by atoms with Crippen molar-refractivity contribution in [1.82, 2.24) is 20.0 Å². The summed E-state index contributed by atoms with van der Waals surface area (Å²) < 4.78 is 24.8. The van der Waals surface area contributed by atoms with Crippen molar-refractivity contribution in [2.24, 2.45) is 0 Å². The topological polar surface area (TPSA) is 88.1 Å². The number of carbonyl (C=O) groups is 2. The zero-order valence-electron chi connectivity index (χ0n) is 22.7. The molecule has 210 valence electrons. The van der Waals surface area contributed by atoms with Gasteiger partial charge in [-0.05, 0) is 73.9 Å². The lowest BCUT2D eigenvalue weighted by Crippen LogP contribution is -2.46. The largest absolute Gasteiger partial charge is 0.497 e. The Kier molecular flexibility index (Phi) is 8.85. The van der Waals surface area contributed by atoms with Gasteiger partial charge in [0.1, 0.15) is 18.1 Å². The second-order valence-electron chi connectivity index (χ2n) is 10.1.